The van der Waals surface area contributed by atoms with Crippen LogP contribution in [0.15, 0.2) is 78.6 Å². The van der Waals surface area contributed by atoms with E-state index in [9.17, 15) is 19.8 Å². The number of ketones is 1. The number of aromatic hydroxyl groups is 1. The fourth-order valence-electron chi connectivity index (χ4n) is 3.55. The van der Waals surface area contributed by atoms with E-state index in [0.717, 1.165) is 5.56 Å². The maximum atomic E-state index is 13.0. The van der Waals surface area contributed by atoms with Crippen molar-refractivity contribution < 1.29 is 19.8 Å². The van der Waals surface area contributed by atoms with Crippen molar-refractivity contribution in [3.63, 3.8) is 0 Å². The van der Waals surface area contributed by atoms with Gasteiger partial charge < -0.3 is 10.2 Å². The van der Waals surface area contributed by atoms with Crippen molar-refractivity contribution in [3.05, 3.63) is 95.3 Å². The Morgan fingerprint density at radius 1 is 0.966 bits per heavy atom. The Kier molecular flexibility index (Phi) is 4.60. The molecule has 144 valence electrons. The molecular weight excluding hydrogens is 368 g/mol. The molecule has 6 heteroatoms. The smallest absolute Gasteiger partial charge is 0.300 e. The van der Waals surface area contributed by atoms with E-state index in [1.807, 2.05) is 19.1 Å². The lowest BCUT2D eigenvalue weighted by molar-refractivity contribution is -0.132. The fourth-order valence-corrected chi connectivity index (χ4v) is 3.55. The standard InChI is InChI=1S/C23H18N2O4/c1-14-4-2-3-5-18(14)25-20(15-6-8-17(26)9-7-15)19(22(28)23(25)29)21(27)16-10-12-24-13-11-16/h2-13,20,26-27H,1H3/b21-19+. The number of amides is 1. The zero-order chi connectivity index (χ0) is 20.5. The van der Waals surface area contributed by atoms with Gasteiger partial charge in [0.2, 0.25) is 0 Å². The maximum absolute atomic E-state index is 13.0. The minimum absolute atomic E-state index is 0.00450. The number of Topliss-reactive ketones (excluding diaryl/α,β-unsaturated/α-hetero) is 1. The van der Waals surface area contributed by atoms with E-state index in [4.69, 9.17) is 0 Å². The molecule has 3 aromatic rings. The van der Waals surface area contributed by atoms with Crippen LogP contribution in [-0.4, -0.2) is 26.9 Å². The lowest BCUT2D eigenvalue weighted by atomic mass is 9.95. The minimum atomic E-state index is -0.829. The lowest BCUT2D eigenvalue weighted by Crippen LogP contribution is -2.30. The van der Waals surface area contributed by atoms with E-state index < -0.39 is 17.7 Å². The van der Waals surface area contributed by atoms with Crippen molar-refractivity contribution in [2.75, 3.05) is 4.90 Å². The molecule has 1 amide bonds. The number of nitrogens with zero attached hydrogens (tertiary/aromatic N) is 2. The van der Waals surface area contributed by atoms with Gasteiger partial charge in [0.05, 0.1) is 11.6 Å². The van der Waals surface area contributed by atoms with Gasteiger partial charge in [-0.15, -0.1) is 0 Å². The first kappa shape index (κ1) is 18.4. The minimum Gasteiger partial charge on any atom is -0.508 e. The van der Waals surface area contributed by atoms with Gasteiger partial charge in [0, 0.05) is 23.6 Å². The number of hydrogen-bond donors (Lipinski definition) is 2. The highest BCUT2D eigenvalue weighted by molar-refractivity contribution is 6.51. The number of benzene rings is 2. The zero-order valence-corrected chi connectivity index (χ0v) is 15.6. The monoisotopic (exact) mass is 386 g/mol. The Balaban J connectivity index is 1.97. The number of aliphatic hydroxyl groups excluding tert-OH is 1. The highest BCUT2D eigenvalue weighted by atomic mass is 16.3. The molecule has 0 bridgehead atoms. The number of aliphatic hydroxyl groups is 1. The van der Waals surface area contributed by atoms with Gasteiger partial charge in [0.15, 0.2) is 0 Å². The van der Waals surface area contributed by atoms with Crippen LogP contribution in [0.4, 0.5) is 5.69 Å². The third-order valence-corrected chi connectivity index (χ3v) is 4.98. The molecule has 1 aliphatic rings. The molecule has 1 saturated heterocycles. The average Bonchev–Trinajstić information content (AvgIpc) is 3.00. The first-order valence-corrected chi connectivity index (χ1v) is 9.05. The van der Waals surface area contributed by atoms with E-state index in [0.29, 0.717) is 16.8 Å². The summed E-state index contributed by atoms with van der Waals surface area (Å²) in [5, 5.41) is 20.6. The molecular formula is C23H18N2O4. The van der Waals surface area contributed by atoms with Crippen LogP contribution in [0.3, 0.4) is 0 Å². The molecule has 0 aliphatic carbocycles. The van der Waals surface area contributed by atoms with Gasteiger partial charge in [0.25, 0.3) is 11.7 Å². The van der Waals surface area contributed by atoms with Crippen LogP contribution >= 0.6 is 0 Å². The van der Waals surface area contributed by atoms with E-state index in [1.165, 1.54) is 29.4 Å². The molecule has 1 aliphatic heterocycles. The molecule has 0 radical (unpaired) electrons. The van der Waals surface area contributed by atoms with Crippen LogP contribution in [-0.2, 0) is 9.59 Å². The Morgan fingerprint density at radius 3 is 2.28 bits per heavy atom. The number of aromatic nitrogens is 1. The highest BCUT2D eigenvalue weighted by Gasteiger charge is 2.47. The summed E-state index contributed by atoms with van der Waals surface area (Å²) in [6, 6.07) is 15.8. The van der Waals surface area contributed by atoms with E-state index in [2.05, 4.69) is 4.98 Å². The van der Waals surface area contributed by atoms with Gasteiger partial charge in [-0.3, -0.25) is 19.5 Å². The topological polar surface area (TPSA) is 90.7 Å². The largest absolute Gasteiger partial charge is 0.508 e. The molecule has 6 nitrogen and oxygen atoms in total. The number of aryl methyl sites for hydroxylation is 1. The number of hydrogen-bond acceptors (Lipinski definition) is 5. The Bertz CT molecular complexity index is 1120. The summed E-state index contributed by atoms with van der Waals surface area (Å²) in [5.74, 6) is -1.68. The Labute approximate surface area is 167 Å². The van der Waals surface area contributed by atoms with Crippen molar-refractivity contribution in [2.45, 2.75) is 13.0 Å². The van der Waals surface area contributed by atoms with Crippen LogP contribution in [0.25, 0.3) is 5.76 Å². The summed E-state index contributed by atoms with van der Waals surface area (Å²) in [5.41, 5.74) is 2.39. The number of phenols is 1. The van der Waals surface area contributed by atoms with Crippen molar-refractivity contribution in [3.8, 4) is 5.75 Å². The summed E-state index contributed by atoms with van der Waals surface area (Å²) >= 11 is 0. The summed E-state index contributed by atoms with van der Waals surface area (Å²) in [7, 11) is 0. The highest BCUT2D eigenvalue weighted by Crippen LogP contribution is 2.43. The quantitative estimate of drug-likeness (QED) is 0.407. The third-order valence-electron chi connectivity index (χ3n) is 4.98. The summed E-state index contributed by atoms with van der Waals surface area (Å²) in [6.07, 6.45) is 3.00. The van der Waals surface area contributed by atoms with Crippen molar-refractivity contribution in [1.82, 2.24) is 4.98 Å². The normalized spacial score (nSPS) is 18.2. The molecule has 2 aromatic carbocycles. The zero-order valence-electron chi connectivity index (χ0n) is 15.6. The second-order valence-electron chi connectivity index (χ2n) is 6.78. The molecule has 29 heavy (non-hydrogen) atoms. The lowest BCUT2D eigenvalue weighted by Gasteiger charge is -2.26. The first-order chi connectivity index (χ1) is 14.0. The van der Waals surface area contributed by atoms with Crippen LogP contribution in [0.5, 0.6) is 5.75 Å². The second kappa shape index (κ2) is 7.24. The predicted octanol–water partition coefficient (Wildman–Crippen LogP) is 3.72. The average molecular weight is 386 g/mol. The van der Waals surface area contributed by atoms with Crippen LogP contribution in [0, 0.1) is 6.92 Å². The Hall–Kier alpha value is -3.93. The van der Waals surface area contributed by atoms with Crippen molar-refractivity contribution in [2.24, 2.45) is 0 Å². The van der Waals surface area contributed by atoms with Crippen LogP contribution in [0.2, 0.25) is 0 Å². The number of carbonyl (C=O) groups is 2. The molecule has 2 heterocycles. The molecule has 0 spiro atoms. The number of pyridine rings is 1. The maximum Gasteiger partial charge on any atom is 0.300 e. The predicted molar refractivity (Wildman–Crippen MR) is 108 cm³/mol. The summed E-state index contributed by atoms with van der Waals surface area (Å²) in [4.78, 5) is 31.3. The number of para-hydroxylation sites is 1. The second-order valence-corrected chi connectivity index (χ2v) is 6.78. The van der Waals surface area contributed by atoms with Gasteiger partial charge in [-0.1, -0.05) is 30.3 Å². The van der Waals surface area contributed by atoms with Crippen molar-refractivity contribution >= 4 is 23.1 Å². The number of anilines is 1. The molecule has 1 aromatic heterocycles. The molecule has 1 unspecified atom stereocenters. The third kappa shape index (κ3) is 3.14. The van der Waals surface area contributed by atoms with Gasteiger partial charge in [-0.2, -0.15) is 0 Å². The van der Waals surface area contributed by atoms with E-state index in [-0.39, 0.29) is 17.1 Å². The number of carbonyl (C=O) groups excluding carboxylic acids is 2. The summed E-state index contributed by atoms with van der Waals surface area (Å²) < 4.78 is 0. The molecule has 1 fully saturated rings. The molecule has 4 rings (SSSR count). The molecule has 0 saturated carbocycles. The van der Waals surface area contributed by atoms with Gasteiger partial charge >= 0.3 is 0 Å². The number of rotatable bonds is 3. The molecule has 2 N–H and O–H groups in total. The summed E-state index contributed by atoms with van der Waals surface area (Å²) in [6.45, 7) is 1.85. The van der Waals surface area contributed by atoms with Crippen molar-refractivity contribution in [1.29, 1.82) is 0 Å². The van der Waals surface area contributed by atoms with Crippen LogP contribution < -0.4 is 4.90 Å². The SMILES string of the molecule is Cc1ccccc1N1C(=O)C(=O)/C(=C(/O)c2ccncc2)C1c1ccc(O)cc1. The van der Waals surface area contributed by atoms with Gasteiger partial charge in [-0.05, 0) is 48.4 Å². The van der Waals surface area contributed by atoms with Gasteiger partial charge in [0.1, 0.15) is 11.5 Å². The fraction of sp³-hybridized carbons (Fsp3) is 0.0870. The van der Waals surface area contributed by atoms with Crippen LogP contribution in [0.1, 0.15) is 22.7 Å². The number of phenolic OH excluding ortho intramolecular Hbond substituents is 1. The van der Waals surface area contributed by atoms with Gasteiger partial charge in [-0.25, -0.2) is 0 Å². The molecule has 1 atom stereocenters. The first-order valence-electron chi connectivity index (χ1n) is 9.05. The Morgan fingerprint density at radius 2 is 1.62 bits per heavy atom. The van der Waals surface area contributed by atoms with E-state index in [1.54, 1.807) is 36.4 Å². The van der Waals surface area contributed by atoms with E-state index >= 15 is 0 Å².